The zero-order valence-corrected chi connectivity index (χ0v) is 29.2. The van der Waals surface area contributed by atoms with Gasteiger partial charge in [0.2, 0.25) is 5.91 Å². The van der Waals surface area contributed by atoms with Gasteiger partial charge in [0.05, 0.1) is 10.8 Å². The highest BCUT2D eigenvalue weighted by molar-refractivity contribution is 8.01. The quantitative estimate of drug-likeness (QED) is 0.209. The summed E-state index contributed by atoms with van der Waals surface area (Å²) in [5.74, 6) is -0.0254. The highest BCUT2D eigenvalue weighted by atomic mass is 32.2. The van der Waals surface area contributed by atoms with Gasteiger partial charge in [-0.3, -0.25) is 4.79 Å². The van der Waals surface area contributed by atoms with Crippen molar-refractivity contribution < 1.29 is 14.0 Å². The molecule has 0 radical (unpaired) electrons. The molecule has 238 valence electrons. The molecule has 2 aromatic carbocycles. The van der Waals surface area contributed by atoms with Crippen molar-refractivity contribution in [2.75, 3.05) is 37.6 Å². The van der Waals surface area contributed by atoms with Crippen LogP contribution in [0.1, 0.15) is 73.6 Å². The zero-order chi connectivity index (χ0) is 31.9. The van der Waals surface area contributed by atoms with Gasteiger partial charge >= 0.3 is 6.09 Å². The first kappa shape index (κ1) is 33.9. The Balaban J connectivity index is 1.44. The molecule has 0 spiro atoms. The van der Waals surface area contributed by atoms with E-state index in [0.717, 1.165) is 66.9 Å². The van der Waals surface area contributed by atoms with E-state index < -0.39 is 13.1 Å². The SMILES string of the molecule is CC(C)[Si](OC(=O)N1CCN(c2ccc(-c3ccccc3SC3(C(=O)NCC#N)CCCCC3)cc2)CC1)(C(C)C)C(C)C. The molecule has 2 fully saturated rings. The number of thioether (sulfide) groups is 1. The van der Waals surface area contributed by atoms with Crippen molar-refractivity contribution in [2.24, 2.45) is 0 Å². The van der Waals surface area contributed by atoms with Crippen LogP contribution in [0.5, 0.6) is 0 Å². The summed E-state index contributed by atoms with van der Waals surface area (Å²) in [5, 5.41) is 11.9. The van der Waals surface area contributed by atoms with E-state index in [2.05, 4.69) is 88.2 Å². The number of benzene rings is 2. The third-order valence-electron chi connectivity index (χ3n) is 9.65. The second-order valence-electron chi connectivity index (χ2n) is 13.2. The van der Waals surface area contributed by atoms with Crippen LogP contribution in [0.25, 0.3) is 11.1 Å². The molecule has 44 heavy (non-hydrogen) atoms. The van der Waals surface area contributed by atoms with Gasteiger partial charge in [-0.15, -0.1) is 11.8 Å². The molecule has 0 bridgehead atoms. The van der Waals surface area contributed by atoms with E-state index in [1.165, 1.54) is 0 Å². The largest absolute Gasteiger partial charge is 0.503 e. The summed E-state index contributed by atoms with van der Waals surface area (Å²) in [7, 11) is -2.27. The van der Waals surface area contributed by atoms with Gasteiger partial charge in [0.25, 0.3) is 8.32 Å². The minimum absolute atomic E-state index is 0.0254. The van der Waals surface area contributed by atoms with Crippen molar-refractivity contribution in [1.29, 1.82) is 5.26 Å². The first-order valence-electron chi connectivity index (χ1n) is 16.3. The zero-order valence-electron chi connectivity index (χ0n) is 27.4. The lowest BCUT2D eigenvalue weighted by Gasteiger charge is -2.43. The molecule has 4 rings (SSSR count). The Labute approximate surface area is 269 Å². The number of piperazine rings is 1. The molecule has 1 saturated carbocycles. The highest BCUT2D eigenvalue weighted by Gasteiger charge is 2.49. The molecular weight excluding hydrogens is 585 g/mol. The van der Waals surface area contributed by atoms with E-state index in [1.807, 2.05) is 23.1 Å². The minimum Gasteiger partial charge on any atom is -0.503 e. The van der Waals surface area contributed by atoms with E-state index in [0.29, 0.717) is 29.7 Å². The van der Waals surface area contributed by atoms with E-state index in [-0.39, 0.29) is 18.5 Å². The lowest BCUT2D eigenvalue weighted by atomic mass is 9.87. The Morgan fingerprint density at radius 2 is 1.50 bits per heavy atom. The molecule has 0 atom stereocenters. The number of nitriles is 1. The molecule has 7 nitrogen and oxygen atoms in total. The lowest BCUT2D eigenvalue weighted by Crippen LogP contribution is -2.55. The second kappa shape index (κ2) is 14.9. The summed E-state index contributed by atoms with van der Waals surface area (Å²) in [6, 6.07) is 19.0. The smallest absolute Gasteiger partial charge is 0.396 e. The first-order chi connectivity index (χ1) is 21.0. The lowest BCUT2D eigenvalue weighted by molar-refractivity contribution is -0.124. The van der Waals surface area contributed by atoms with Crippen LogP contribution in [-0.2, 0) is 9.22 Å². The molecule has 1 saturated heterocycles. The summed E-state index contributed by atoms with van der Waals surface area (Å²) in [6.45, 7) is 16.1. The number of hydrogen-bond acceptors (Lipinski definition) is 6. The van der Waals surface area contributed by atoms with Crippen LogP contribution >= 0.6 is 11.8 Å². The van der Waals surface area contributed by atoms with Crippen molar-refractivity contribution >= 4 is 37.8 Å². The van der Waals surface area contributed by atoms with Gasteiger partial charge in [0, 0.05) is 36.8 Å². The number of anilines is 1. The molecule has 2 aliphatic rings. The van der Waals surface area contributed by atoms with Crippen LogP contribution in [0.3, 0.4) is 0 Å². The van der Waals surface area contributed by atoms with E-state index in [4.69, 9.17) is 9.69 Å². The standard InChI is InChI=1S/C35H50N4O3SSi/c1-26(2)44(27(3)4,28(5)6)42-34(41)39-24-22-38(23-25-39)30-16-14-29(15-17-30)31-12-8-9-13-32(31)43-35(18-10-7-11-19-35)33(40)37-21-20-36/h8-9,12-17,26-28H,7,10-11,18-19,21-25H2,1-6H3,(H,37,40). The predicted molar refractivity (Wildman–Crippen MR) is 183 cm³/mol. The van der Waals surface area contributed by atoms with Crippen molar-refractivity contribution in [3.05, 3.63) is 48.5 Å². The van der Waals surface area contributed by atoms with Crippen molar-refractivity contribution in [2.45, 2.75) is 99.9 Å². The van der Waals surface area contributed by atoms with Gasteiger partial charge in [-0.25, -0.2) is 4.79 Å². The van der Waals surface area contributed by atoms with Crippen molar-refractivity contribution in [3.63, 3.8) is 0 Å². The Bertz CT molecular complexity index is 1290. The van der Waals surface area contributed by atoms with Crippen LogP contribution in [0.2, 0.25) is 16.6 Å². The maximum atomic E-state index is 13.3. The number of hydrogen-bond donors (Lipinski definition) is 1. The second-order valence-corrected chi connectivity index (χ2v) is 20.0. The molecule has 9 heteroatoms. The van der Waals surface area contributed by atoms with E-state index >= 15 is 0 Å². The Morgan fingerprint density at radius 3 is 2.07 bits per heavy atom. The van der Waals surface area contributed by atoms with Gasteiger partial charge in [-0.1, -0.05) is 91.1 Å². The monoisotopic (exact) mass is 634 g/mol. The van der Waals surface area contributed by atoms with Crippen LogP contribution in [0.4, 0.5) is 10.5 Å². The molecule has 0 unspecified atom stereocenters. The topological polar surface area (TPSA) is 85.7 Å². The van der Waals surface area contributed by atoms with Gasteiger partial charge in [0.1, 0.15) is 6.54 Å². The minimum atomic E-state index is -2.27. The number of rotatable bonds is 10. The number of amides is 2. The number of nitrogens with one attached hydrogen (secondary N) is 1. The van der Waals surface area contributed by atoms with Crippen LogP contribution in [-0.4, -0.2) is 62.7 Å². The number of carbonyl (C=O) groups is 2. The molecular formula is C35H50N4O3SSi. The normalized spacial score (nSPS) is 17.1. The highest BCUT2D eigenvalue weighted by Crippen LogP contribution is 2.47. The van der Waals surface area contributed by atoms with Gasteiger partial charge in [0.15, 0.2) is 0 Å². The molecule has 2 amide bonds. The van der Waals surface area contributed by atoms with Gasteiger partial charge < -0.3 is 19.5 Å². The molecule has 2 aromatic rings. The Hall–Kier alpha value is -2.96. The third kappa shape index (κ3) is 7.29. The van der Waals surface area contributed by atoms with E-state index in [1.54, 1.807) is 11.8 Å². The molecule has 1 heterocycles. The fourth-order valence-corrected chi connectivity index (χ4v) is 14.0. The Kier molecular flexibility index (Phi) is 11.5. The van der Waals surface area contributed by atoms with Crippen LogP contribution in [0.15, 0.2) is 53.4 Å². The molecule has 1 N–H and O–H groups in total. The number of carbonyl (C=O) groups excluding carboxylic acids is 2. The van der Waals surface area contributed by atoms with Crippen molar-refractivity contribution in [1.82, 2.24) is 10.2 Å². The van der Waals surface area contributed by atoms with Gasteiger partial charge in [-0.2, -0.15) is 5.26 Å². The molecule has 0 aromatic heterocycles. The first-order valence-corrected chi connectivity index (χ1v) is 19.3. The fourth-order valence-electron chi connectivity index (χ4n) is 7.35. The van der Waals surface area contributed by atoms with E-state index in [9.17, 15) is 9.59 Å². The maximum absolute atomic E-state index is 13.3. The Morgan fingerprint density at radius 1 is 0.909 bits per heavy atom. The summed E-state index contributed by atoms with van der Waals surface area (Å²) < 4.78 is 5.89. The van der Waals surface area contributed by atoms with Gasteiger partial charge in [-0.05, 0) is 58.8 Å². The molecule has 1 aliphatic carbocycles. The van der Waals surface area contributed by atoms with Crippen LogP contribution in [0, 0.1) is 11.3 Å². The summed E-state index contributed by atoms with van der Waals surface area (Å²) in [4.78, 5) is 31.9. The summed E-state index contributed by atoms with van der Waals surface area (Å²) in [6.07, 6.45) is 4.67. The summed E-state index contributed by atoms with van der Waals surface area (Å²) in [5.41, 5.74) is 4.46. The maximum Gasteiger partial charge on any atom is 0.396 e. The third-order valence-corrected chi connectivity index (χ3v) is 17.2. The number of nitrogens with zero attached hydrogens (tertiary/aromatic N) is 3. The molecule has 1 aliphatic heterocycles. The van der Waals surface area contributed by atoms with Crippen LogP contribution < -0.4 is 10.2 Å². The summed E-state index contributed by atoms with van der Waals surface area (Å²) >= 11 is 1.66. The average Bonchev–Trinajstić information content (AvgIpc) is 3.02. The van der Waals surface area contributed by atoms with Crippen molar-refractivity contribution in [3.8, 4) is 17.2 Å². The fraction of sp³-hybridized carbons (Fsp3) is 0.571. The predicted octanol–water partition coefficient (Wildman–Crippen LogP) is 8.22. The average molecular weight is 635 g/mol.